The zero-order chi connectivity index (χ0) is 20.7. The highest BCUT2D eigenvalue weighted by molar-refractivity contribution is 6.09. The van der Waals surface area contributed by atoms with Gasteiger partial charge in [-0.25, -0.2) is 4.39 Å². The summed E-state index contributed by atoms with van der Waals surface area (Å²) in [4.78, 5) is 0. The standard InChI is InChI=1S/C26H14FN3/c27-26-21(15-28)20(17-8-2-1-3-9-17)14-25(22(26)16-29)30-23-12-6-4-10-18(23)19-11-5-7-13-24(19)30/h1-14H. The van der Waals surface area contributed by atoms with Crippen molar-refractivity contribution in [3.63, 3.8) is 0 Å². The Hall–Kier alpha value is -4.41. The van der Waals surface area contributed by atoms with Crippen molar-refractivity contribution in [3.05, 3.63) is 102 Å². The molecule has 0 saturated heterocycles. The van der Waals surface area contributed by atoms with Gasteiger partial charge in [0.15, 0.2) is 5.82 Å². The maximum atomic E-state index is 15.4. The first-order valence-electron chi connectivity index (χ1n) is 9.45. The summed E-state index contributed by atoms with van der Waals surface area (Å²) in [5.74, 6) is -0.793. The average molecular weight is 387 g/mol. The number of benzene rings is 4. The van der Waals surface area contributed by atoms with Crippen LogP contribution >= 0.6 is 0 Å². The molecule has 0 saturated carbocycles. The number of fused-ring (bicyclic) bond motifs is 3. The summed E-state index contributed by atoms with van der Waals surface area (Å²) in [6.45, 7) is 0. The number of hydrogen-bond donors (Lipinski definition) is 0. The van der Waals surface area contributed by atoms with Crippen LogP contribution in [0, 0.1) is 28.5 Å². The topological polar surface area (TPSA) is 52.5 Å². The Morgan fingerprint density at radius 3 is 1.77 bits per heavy atom. The minimum absolute atomic E-state index is 0.123. The fourth-order valence-corrected chi connectivity index (χ4v) is 4.06. The molecular weight excluding hydrogens is 373 g/mol. The van der Waals surface area contributed by atoms with Crippen molar-refractivity contribution in [1.29, 1.82) is 10.5 Å². The summed E-state index contributed by atoms with van der Waals surface area (Å²) in [6.07, 6.45) is 0. The van der Waals surface area contributed by atoms with E-state index in [1.807, 2.05) is 95.6 Å². The van der Waals surface area contributed by atoms with Crippen LogP contribution in [-0.2, 0) is 0 Å². The van der Waals surface area contributed by atoms with Crippen molar-refractivity contribution in [3.8, 4) is 29.0 Å². The molecule has 0 amide bonds. The van der Waals surface area contributed by atoms with Gasteiger partial charge in [-0.2, -0.15) is 10.5 Å². The van der Waals surface area contributed by atoms with E-state index in [0.717, 1.165) is 27.4 Å². The molecular formula is C26H14FN3. The number of aromatic nitrogens is 1. The van der Waals surface area contributed by atoms with Crippen LogP contribution in [0.2, 0.25) is 0 Å². The molecule has 0 spiro atoms. The Labute approximate surface area is 172 Å². The molecule has 1 heterocycles. The van der Waals surface area contributed by atoms with E-state index in [9.17, 15) is 10.5 Å². The Balaban J connectivity index is 1.97. The van der Waals surface area contributed by atoms with Crippen molar-refractivity contribution in [2.75, 3.05) is 0 Å². The van der Waals surface area contributed by atoms with E-state index in [2.05, 4.69) is 0 Å². The van der Waals surface area contributed by atoms with Crippen LogP contribution in [0.15, 0.2) is 84.9 Å². The van der Waals surface area contributed by atoms with E-state index < -0.39 is 5.82 Å². The summed E-state index contributed by atoms with van der Waals surface area (Å²) in [7, 11) is 0. The second-order valence-corrected chi connectivity index (χ2v) is 6.97. The zero-order valence-electron chi connectivity index (χ0n) is 15.8. The lowest BCUT2D eigenvalue weighted by molar-refractivity contribution is 0.619. The smallest absolute Gasteiger partial charge is 0.161 e. The minimum atomic E-state index is -0.793. The third kappa shape index (κ3) is 2.49. The second kappa shape index (κ2) is 6.88. The van der Waals surface area contributed by atoms with Gasteiger partial charge in [-0.15, -0.1) is 0 Å². The van der Waals surface area contributed by atoms with Crippen LogP contribution in [0.25, 0.3) is 38.6 Å². The normalized spacial score (nSPS) is 10.8. The molecule has 0 N–H and O–H groups in total. The first kappa shape index (κ1) is 17.7. The van der Waals surface area contributed by atoms with Crippen molar-refractivity contribution < 1.29 is 4.39 Å². The summed E-state index contributed by atoms with van der Waals surface area (Å²) < 4.78 is 17.3. The fourth-order valence-electron chi connectivity index (χ4n) is 4.06. The van der Waals surface area contributed by atoms with Gasteiger partial charge < -0.3 is 4.57 Å². The quantitative estimate of drug-likeness (QED) is 0.355. The number of halogens is 1. The molecule has 0 fully saturated rings. The van der Waals surface area contributed by atoms with Gasteiger partial charge in [0.25, 0.3) is 0 Å². The average Bonchev–Trinajstić information content (AvgIpc) is 3.13. The van der Waals surface area contributed by atoms with E-state index >= 15 is 4.39 Å². The van der Waals surface area contributed by atoms with E-state index in [-0.39, 0.29) is 11.1 Å². The number of nitrogens with zero attached hydrogens (tertiary/aromatic N) is 3. The SMILES string of the molecule is N#Cc1c(-c2ccccc2)cc(-n2c3ccccc3c3ccccc32)c(C#N)c1F. The largest absolute Gasteiger partial charge is 0.308 e. The number of hydrogen-bond acceptors (Lipinski definition) is 2. The molecule has 30 heavy (non-hydrogen) atoms. The van der Waals surface area contributed by atoms with Gasteiger partial charge in [0.2, 0.25) is 0 Å². The predicted molar refractivity (Wildman–Crippen MR) is 116 cm³/mol. The van der Waals surface area contributed by atoms with Gasteiger partial charge in [-0.1, -0.05) is 66.7 Å². The molecule has 0 bridgehead atoms. The van der Waals surface area contributed by atoms with Gasteiger partial charge >= 0.3 is 0 Å². The first-order chi connectivity index (χ1) is 14.7. The molecule has 3 nitrogen and oxygen atoms in total. The maximum Gasteiger partial charge on any atom is 0.161 e. The molecule has 0 aliphatic rings. The summed E-state index contributed by atoms with van der Waals surface area (Å²) in [5, 5.41) is 21.5. The lowest BCUT2D eigenvalue weighted by Crippen LogP contribution is -2.04. The summed E-state index contributed by atoms with van der Waals surface area (Å²) in [5.41, 5.74) is 3.09. The van der Waals surface area contributed by atoms with E-state index in [1.54, 1.807) is 6.07 Å². The molecule has 0 aliphatic heterocycles. The molecule has 5 aromatic rings. The lowest BCUT2D eigenvalue weighted by Gasteiger charge is -2.15. The van der Waals surface area contributed by atoms with Crippen LogP contribution in [0.5, 0.6) is 0 Å². The highest BCUT2D eigenvalue weighted by Crippen LogP contribution is 2.37. The molecule has 0 aliphatic carbocycles. The van der Waals surface area contributed by atoms with Gasteiger partial charge in [-0.05, 0) is 23.8 Å². The monoisotopic (exact) mass is 387 g/mol. The zero-order valence-corrected chi connectivity index (χ0v) is 15.8. The summed E-state index contributed by atoms with van der Waals surface area (Å²) >= 11 is 0. The van der Waals surface area contributed by atoms with Gasteiger partial charge in [0.05, 0.1) is 22.3 Å². The second-order valence-electron chi connectivity index (χ2n) is 6.97. The Kier molecular flexibility index (Phi) is 4.05. The van der Waals surface area contributed by atoms with E-state index in [1.165, 1.54) is 0 Å². The summed E-state index contributed by atoms with van der Waals surface area (Å²) in [6, 6.07) is 30.6. The number of para-hydroxylation sites is 2. The van der Waals surface area contributed by atoms with Gasteiger partial charge in [0.1, 0.15) is 17.7 Å². The molecule has 0 radical (unpaired) electrons. The highest BCUT2D eigenvalue weighted by Gasteiger charge is 2.22. The van der Waals surface area contributed by atoms with Crippen molar-refractivity contribution in [1.82, 2.24) is 4.57 Å². The van der Waals surface area contributed by atoms with Crippen LogP contribution in [0.1, 0.15) is 11.1 Å². The third-order valence-electron chi connectivity index (χ3n) is 5.37. The minimum Gasteiger partial charge on any atom is -0.308 e. The number of nitriles is 2. The van der Waals surface area contributed by atoms with Crippen LogP contribution in [-0.4, -0.2) is 4.57 Å². The first-order valence-corrected chi connectivity index (χ1v) is 9.45. The highest BCUT2D eigenvalue weighted by atomic mass is 19.1. The van der Waals surface area contributed by atoms with Gasteiger partial charge in [-0.3, -0.25) is 0 Å². The van der Waals surface area contributed by atoms with E-state index in [4.69, 9.17) is 0 Å². The van der Waals surface area contributed by atoms with Gasteiger partial charge in [0, 0.05) is 16.3 Å². The molecule has 4 heteroatoms. The Morgan fingerprint density at radius 1 is 0.667 bits per heavy atom. The Morgan fingerprint density at radius 2 is 1.20 bits per heavy atom. The molecule has 140 valence electrons. The lowest BCUT2D eigenvalue weighted by atomic mass is 9.96. The molecule has 0 atom stereocenters. The third-order valence-corrected chi connectivity index (χ3v) is 5.37. The molecule has 5 rings (SSSR count). The van der Waals surface area contributed by atoms with Crippen LogP contribution in [0.3, 0.4) is 0 Å². The molecule has 4 aromatic carbocycles. The predicted octanol–water partition coefficient (Wildman–Crippen LogP) is 6.33. The number of rotatable bonds is 2. The Bertz CT molecular complexity index is 1460. The van der Waals surface area contributed by atoms with E-state index in [0.29, 0.717) is 11.3 Å². The maximum absolute atomic E-state index is 15.4. The van der Waals surface area contributed by atoms with Crippen LogP contribution in [0.4, 0.5) is 4.39 Å². The van der Waals surface area contributed by atoms with Crippen molar-refractivity contribution in [2.45, 2.75) is 0 Å². The molecule has 0 unspecified atom stereocenters. The van der Waals surface area contributed by atoms with Crippen molar-refractivity contribution in [2.24, 2.45) is 0 Å². The van der Waals surface area contributed by atoms with Crippen molar-refractivity contribution >= 4 is 21.8 Å². The molecule has 1 aromatic heterocycles. The van der Waals surface area contributed by atoms with Crippen LogP contribution < -0.4 is 0 Å². The fraction of sp³-hybridized carbons (Fsp3) is 0.